The lowest BCUT2D eigenvalue weighted by Gasteiger charge is -2.15. The van der Waals surface area contributed by atoms with Gasteiger partial charge in [0.25, 0.3) is 0 Å². The van der Waals surface area contributed by atoms with Crippen molar-refractivity contribution in [3.8, 4) is 22.3 Å². The van der Waals surface area contributed by atoms with Gasteiger partial charge in [0, 0.05) is 5.71 Å². The molecule has 0 aliphatic heterocycles. The van der Waals surface area contributed by atoms with Gasteiger partial charge in [0.05, 0.1) is 5.70 Å². The second-order valence-corrected chi connectivity index (χ2v) is 8.16. The van der Waals surface area contributed by atoms with Crippen LogP contribution in [0.4, 0.5) is 0 Å². The van der Waals surface area contributed by atoms with Gasteiger partial charge < -0.3 is 0 Å². The van der Waals surface area contributed by atoms with Crippen molar-refractivity contribution in [1.82, 2.24) is 0 Å². The van der Waals surface area contributed by atoms with Crippen LogP contribution in [-0.4, -0.2) is 5.71 Å². The van der Waals surface area contributed by atoms with Crippen molar-refractivity contribution in [2.45, 2.75) is 33.6 Å². The lowest BCUT2D eigenvalue weighted by Crippen LogP contribution is -1.99. The lowest BCUT2D eigenvalue weighted by atomic mass is 9.89. The Hall–Kier alpha value is -3.45. The molecule has 154 valence electrons. The van der Waals surface area contributed by atoms with Gasteiger partial charge in [-0.15, -0.1) is 0 Å². The summed E-state index contributed by atoms with van der Waals surface area (Å²) in [5, 5.41) is 0. The van der Waals surface area contributed by atoms with E-state index in [0.29, 0.717) is 0 Å². The number of hydrogen-bond donors (Lipinski definition) is 0. The predicted molar refractivity (Wildman–Crippen MR) is 135 cm³/mol. The number of hydrogen-bond acceptors (Lipinski definition) is 1. The molecular weight excluding hydrogens is 374 g/mol. The second-order valence-electron chi connectivity index (χ2n) is 8.16. The summed E-state index contributed by atoms with van der Waals surface area (Å²) in [5.41, 5.74) is 11.7. The largest absolute Gasteiger partial charge is 0.253 e. The molecule has 0 saturated heterocycles. The first-order chi connectivity index (χ1) is 15.0. The molecule has 31 heavy (non-hydrogen) atoms. The number of rotatable bonds is 5. The zero-order chi connectivity index (χ0) is 21.8. The Morgan fingerprint density at radius 3 is 2.35 bits per heavy atom. The Labute approximate surface area is 186 Å². The van der Waals surface area contributed by atoms with E-state index in [-0.39, 0.29) is 0 Å². The van der Waals surface area contributed by atoms with Gasteiger partial charge in [0.1, 0.15) is 0 Å². The first-order valence-corrected chi connectivity index (χ1v) is 10.9. The standard InChI is InChI=1S/C30H29N/c1-21-18-19-27(24(4)31-23(3)25-12-7-5-8-13-25)20-30(21)29-17-11-16-28(22(29)2)26-14-9-6-10-15-26/h6-7,9-20H,3,5,8H2,1-2,4H3. The van der Waals surface area contributed by atoms with Gasteiger partial charge in [0.2, 0.25) is 0 Å². The zero-order valence-corrected chi connectivity index (χ0v) is 18.7. The molecule has 1 aliphatic rings. The molecule has 0 radical (unpaired) electrons. The van der Waals surface area contributed by atoms with Crippen LogP contribution in [0, 0.1) is 13.8 Å². The van der Waals surface area contributed by atoms with Crippen molar-refractivity contribution in [1.29, 1.82) is 0 Å². The molecule has 0 unspecified atom stereocenters. The van der Waals surface area contributed by atoms with Crippen LogP contribution >= 0.6 is 0 Å². The van der Waals surface area contributed by atoms with Crippen LogP contribution < -0.4 is 0 Å². The van der Waals surface area contributed by atoms with Crippen LogP contribution in [0.1, 0.15) is 36.5 Å². The van der Waals surface area contributed by atoms with Gasteiger partial charge in [-0.05, 0) is 84.2 Å². The SMILES string of the molecule is C=C(N=C(C)c1ccc(C)c(-c2cccc(-c3ccccc3)c2C)c1)C1=CCCC=C1. The Morgan fingerprint density at radius 2 is 1.61 bits per heavy atom. The summed E-state index contributed by atoms with van der Waals surface area (Å²) >= 11 is 0. The molecule has 0 amide bonds. The van der Waals surface area contributed by atoms with Crippen molar-refractivity contribution < 1.29 is 0 Å². The third-order valence-electron chi connectivity index (χ3n) is 5.99. The van der Waals surface area contributed by atoms with E-state index in [1.165, 1.54) is 33.4 Å². The highest BCUT2D eigenvalue weighted by atomic mass is 14.8. The molecule has 0 saturated carbocycles. The summed E-state index contributed by atoms with van der Waals surface area (Å²) in [5.74, 6) is 0. The molecule has 0 spiro atoms. The second kappa shape index (κ2) is 9.14. The molecule has 1 heteroatoms. The van der Waals surface area contributed by atoms with E-state index in [1.807, 2.05) is 0 Å². The normalized spacial score (nSPS) is 13.8. The molecule has 3 aromatic rings. The fourth-order valence-electron chi connectivity index (χ4n) is 4.15. The molecule has 0 atom stereocenters. The average molecular weight is 404 g/mol. The van der Waals surface area contributed by atoms with Crippen LogP contribution in [0.15, 0.2) is 108 Å². The molecule has 0 aromatic heterocycles. The molecule has 0 N–H and O–H groups in total. The maximum absolute atomic E-state index is 4.83. The molecule has 1 nitrogen and oxygen atoms in total. The van der Waals surface area contributed by atoms with E-state index in [0.717, 1.165) is 35.4 Å². The van der Waals surface area contributed by atoms with Crippen LogP contribution in [0.2, 0.25) is 0 Å². The highest BCUT2D eigenvalue weighted by molar-refractivity contribution is 6.01. The molecule has 3 aromatic carbocycles. The number of aryl methyl sites for hydroxylation is 1. The smallest absolute Gasteiger partial charge is 0.0630 e. The van der Waals surface area contributed by atoms with E-state index in [4.69, 9.17) is 4.99 Å². The topological polar surface area (TPSA) is 12.4 Å². The van der Waals surface area contributed by atoms with E-state index >= 15 is 0 Å². The summed E-state index contributed by atoms with van der Waals surface area (Å²) in [6.07, 6.45) is 8.70. The first-order valence-electron chi connectivity index (χ1n) is 10.9. The van der Waals surface area contributed by atoms with Crippen LogP contribution in [0.25, 0.3) is 22.3 Å². The first kappa shape index (κ1) is 20.8. The highest BCUT2D eigenvalue weighted by Gasteiger charge is 2.12. The third kappa shape index (κ3) is 4.51. The van der Waals surface area contributed by atoms with Crippen molar-refractivity contribution in [3.63, 3.8) is 0 Å². The highest BCUT2D eigenvalue weighted by Crippen LogP contribution is 2.34. The summed E-state index contributed by atoms with van der Waals surface area (Å²) in [6.45, 7) is 10.7. The van der Waals surface area contributed by atoms with Gasteiger partial charge in [-0.2, -0.15) is 0 Å². The van der Waals surface area contributed by atoms with E-state index in [2.05, 4.69) is 112 Å². The van der Waals surface area contributed by atoms with Crippen molar-refractivity contribution in [2.24, 2.45) is 4.99 Å². The summed E-state index contributed by atoms with van der Waals surface area (Å²) < 4.78 is 0. The monoisotopic (exact) mass is 403 g/mol. The van der Waals surface area contributed by atoms with Crippen molar-refractivity contribution in [3.05, 3.63) is 119 Å². The maximum atomic E-state index is 4.83. The minimum absolute atomic E-state index is 0.831. The van der Waals surface area contributed by atoms with Crippen molar-refractivity contribution in [2.75, 3.05) is 0 Å². The van der Waals surface area contributed by atoms with Gasteiger partial charge in [-0.25, -0.2) is 0 Å². The number of nitrogens with zero attached hydrogens (tertiary/aromatic N) is 1. The van der Waals surface area contributed by atoms with Gasteiger partial charge in [-0.1, -0.05) is 85.5 Å². The Kier molecular flexibility index (Phi) is 6.13. The Morgan fingerprint density at radius 1 is 0.839 bits per heavy atom. The summed E-state index contributed by atoms with van der Waals surface area (Å²) in [6, 6.07) is 23.8. The van der Waals surface area contributed by atoms with Crippen LogP contribution in [0.3, 0.4) is 0 Å². The molecule has 0 fully saturated rings. The third-order valence-corrected chi connectivity index (χ3v) is 5.99. The molecule has 1 aliphatic carbocycles. The zero-order valence-electron chi connectivity index (χ0n) is 18.7. The number of benzene rings is 3. The molecule has 0 bridgehead atoms. The molecule has 0 heterocycles. The fourth-order valence-corrected chi connectivity index (χ4v) is 4.15. The lowest BCUT2D eigenvalue weighted by molar-refractivity contribution is 1.02. The van der Waals surface area contributed by atoms with Crippen LogP contribution in [-0.2, 0) is 0 Å². The minimum atomic E-state index is 0.831. The number of allylic oxidation sites excluding steroid dienone is 3. The predicted octanol–water partition coefficient (Wildman–Crippen LogP) is 8.24. The van der Waals surface area contributed by atoms with Crippen LogP contribution in [0.5, 0.6) is 0 Å². The summed E-state index contributed by atoms with van der Waals surface area (Å²) in [4.78, 5) is 4.83. The van der Waals surface area contributed by atoms with E-state index < -0.39 is 0 Å². The Bertz CT molecular complexity index is 1210. The Balaban J connectivity index is 1.72. The van der Waals surface area contributed by atoms with Gasteiger partial charge >= 0.3 is 0 Å². The molecular formula is C30H29N. The van der Waals surface area contributed by atoms with Gasteiger partial charge in [-0.3, -0.25) is 4.99 Å². The fraction of sp³-hybridized carbons (Fsp3) is 0.167. The van der Waals surface area contributed by atoms with Crippen molar-refractivity contribution >= 4 is 5.71 Å². The minimum Gasteiger partial charge on any atom is -0.253 e. The quantitative estimate of drug-likeness (QED) is 0.380. The number of aliphatic imine (C=N–C) groups is 1. The summed E-state index contributed by atoms with van der Waals surface area (Å²) in [7, 11) is 0. The van der Waals surface area contributed by atoms with E-state index in [1.54, 1.807) is 0 Å². The van der Waals surface area contributed by atoms with Gasteiger partial charge in [0.15, 0.2) is 0 Å². The van der Waals surface area contributed by atoms with E-state index in [9.17, 15) is 0 Å². The molecule has 4 rings (SSSR count). The average Bonchev–Trinajstić information content (AvgIpc) is 2.81. The maximum Gasteiger partial charge on any atom is 0.0630 e.